The van der Waals surface area contributed by atoms with Gasteiger partial charge in [0.2, 0.25) is 0 Å². The van der Waals surface area contributed by atoms with Gasteiger partial charge in [-0.15, -0.1) is 0 Å². The summed E-state index contributed by atoms with van der Waals surface area (Å²) in [6, 6.07) is 2.04. The molecule has 1 N–H and O–H groups in total. The number of rotatable bonds is 4. The molecule has 1 fully saturated rings. The first-order chi connectivity index (χ1) is 15.6. The molecule has 32 heavy (non-hydrogen) atoms. The fourth-order valence-electron chi connectivity index (χ4n) is 4.66. The highest BCUT2D eigenvalue weighted by molar-refractivity contribution is 5.99. The van der Waals surface area contributed by atoms with Crippen LogP contribution in [-0.2, 0) is 11.2 Å². The highest BCUT2D eigenvalue weighted by Gasteiger charge is 2.23. The van der Waals surface area contributed by atoms with E-state index in [-0.39, 0.29) is 5.91 Å². The average Bonchev–Trinajstić information content (AvgIpc) is 3.22. The molecule has 3 aliphatic heterocycles. The third kappa shape index (κ3) is 3.98. The van der Waals surface area contributed by atoms with Crippen LogP contribution >= 0.6 is 0 Å². The number of allylic oxidation sites excluding steroid dienone is 7. The third-order valence-electron chi connectivity index (χ3n) is 6.31. The van der Waals surface area contributed by atoms with Crippen LogP contribution in [0.2, 0.25) is 0 Å². The van der Waals surface area contributed by atoms with Gasteiger partial charge in [0.25, 0.3) is 5.91 Å². The quantitative estimate of drug-likeness (QED) is 0.798. The maximum atomic E-state index is 13.3. The molecular formula is C26H29N5O. The second-order valence-corrected chi connectivity index (χ2v) is 8.68. The molecule has 3 aliphatic rings. The van der Waals surface area contributed by atoms with Gasteiger partial charge in [-0.3, -0.25) is 14.7 Å². The predicted molar refractivity (Wildman–Crippen MR) is 127 cm³/mol. The van der Waals surface area contributed by atoms with Crippen LogP contribution in [0.3, 0.4) is 0 Å². The Bertz CT molecular complexity index is 1200. The fourth-order valence-corrected chi connectivity index (χ4v) is 4.66. The average molecular weight is 428 g/mol. The van der Waals surface area contributed by atoms with Crippen molar-refractivity contribution in [1.29, 1.82) is 0 Å². The number of fused-ring (bicyclic) bond motifs is 2. The maximum Gasteiger partial charge on any atom is 0.255 e. The van der Waals surface area contributed by atoms with Crippen molar-refractivity contribution in [2.24, 2.45) is 5.92 Å². The molecule has 0 aromatic carbocycles. The number of carbonyl (C=O) groups excluding carboxylic acids is 1. The fraction of sp³-hybridized carbons (Fsp3) is 0.346. The van der Waals surface area contributed by atoms with E-state index < -0.39 is 0 Å². The van der Waals surface area contributed by atoms with E-state index >= 15 is 0 Å². The van der Waals surface area contributed by atoms with Crippen molar-refractivity contribution in [1.82, 2.24) is 24.8 Å². The molecule has 0 spiro atoms. The summed E-state index contributed by atoms with van der Waals surface area (Å²) >= 11 is 0. The minimum atomic E-state index is -0.0495. The van der Waals surface area contributed by atoms with Crippen LogP contribution < -0.4 is 5.32 Å². The van der Waals surface area contributed by atoms with Gasteiger partial charge in [-0.2, -0.15) is 5.10 Å². The van der Waals surface area contributed by atoms with Crippen molar-refractivity contribution in [3.8, 4) is 0 Å². The summed E-state index contributed by atoms with van der Waals surface area (Å²) in [6.07, 6.45) is 20.0. The SMILES string of the molecule is CCCc1nc(C)cn2nc(C3=CC(=O)N4C=C(C5CCNCC5)C=C/C4=C\C=C3)cc12. The normalized spacial score (nSPS) is 21.0. The van der Waals surface area contributed by atoms with Gasteiger partial charge in [-0.25, -0.2) is 4.52 Å². The van der Waals surface area contributed by atoms with Crippen molar-refractivity contribution in [3.05, 3.63) is 83.3 Å². The van der Waals surface area contributed by atoms with Gasteiger partial charge in [0, 0.05) is 23.5 Å². The zero-order chi connectivity index (χ0) is 22.1. The van der Waals surface area contributed by atoms with Gasteiger partial charge in [0.05, 0.1) is 28.8 Å². The molecule has 2 aromatic heterocycles. The first kappa shape index (κ1) is 20.6. The van der Waals surface area contributed by atoms with Gasteiger partial charge < -0.3 is 5.32 Å². The first-order valence-corrected chi connectivity index (χ1v) is 11.5. The Kier molecular flexibility index (Phi) is 5.62. The maximum absolute atomic E-state index is 13.3. The van der Waals surface area contributed by atoms with Crippen LogP contribution in [0.1, 0.15) is 43.3 Å². The Morgan fingerprint density at radius 1 is 1.19 bits per heavy atom. The Balaban J connectivity index is 1.49. The van der Waals surface area contributed by atoms with Crippen molar-refractivity contribution in [3.63, 3.8) is 0 Å². The van der Waals surface area contributed by atoms with E-state index in [1.807, 2.05) is 48.1 Å². The van der Waals surface area contributed by atoms with Crippen molar-refractivity contribution < 1.29 is 4.79 Å². The highest BCUT2D eigenvalue weighted by Crippen LogP contribution is 2.30. The van der Waals surface area contributed by atoms with Crippen LogP contribution in [-0.4, -0.2) is 38.5 Å². The second kappa shape index (κ2) is 8.71. The number of amides is 1. The van der Waals surface area contributed by atoms with Crippen LogP contribution in [0.5, 0.6) is 0 Å². The summed E-state index contributed by atoms with van der Waals surface area (Å²) in [5.41, 5.74) is 6.70. The minimum Gasteiger partial charge on any atom is -0.317 e. The Morgan fingerprint density at radius 3 is 2.84 bits per heavy atom. The Morgan fingerprint density at radius 2 is 2.03 bits per heavy atom. The standard InChI is InChI=1S/C26H29N5O/c1-3-5-23-25-15-24(29-31(25)16-18(2)28-23)20-6-4-7-22-9-8-21(17-30(22)26(32)14-20)19-10-12-27-13-11-19/h4,6-9,14-17,19,27H,3,5,10-13H2,1-2H3/b6-4?,20-14?,22-7+. The van der Waals surface area contributed by atoms with E-state index in [0.29, 0.717) is 5.92 Å². The number of aromatic nitrogens is 3. The van der Waals surface area contributed by atoms with Gasteiger partial charge in [-0.1, -0.05) is 31.6 Å². The molecule has 5 rings (SSSR count). The van der Waals surface area contributed by atoms with Crippen LogP contribution in [0.4, 0.5) is 0 Å². The summed E-state index contributed by atoms with van der Waals surface area (Å²) in [5, 5.41) is 8.18. The van der Waals surface area contributed by atoms with E-state index in [1.165, 1.54) is 5.57 Å². The lowest BCUT2D eigenvalue weighted by atomic mass is 9.88. The molecule has 0 aliphatic carbocycles. The molecule has 2 aromatic rings. The number of hydrogen-bond donors (Lipinski definition) is 1. The number of nitrogens with zero attached hydrogens (tertiary/aromatic N) is 4. The highest BCUT2D eigenvalue weighted by atomic mass is 16.2. The topological polar surface area (TPSA) is 62.5 Å². The Labute approximate surface area is 188 Å². The third-order valence-corrected chi connectivity index (χ3v) is 6.31. The summed E-state index contributed by atoms with van der Waals surface area (Å²) in [6.45, 7) is 6.20. The lowest BCUT2D eigenvalue weighted by molar-refractivity contribution is -0.122. The van der Waals surface area contributed by atoms with Crippen LogP contribution in [0, 0.1) is 12.8 Å². The molecule has 0 bridgehead atoms. The van der Waals surface area contributed by atoms with Gasteiger partial charge in [0.15, 0.2) is 0 Å². The number of hydrogen-bond acceptors (Lipinski definition) is 4. The number of carbonyl (C=O) groups is 1. The smallest absolute Gasteiger partial charge is 0.255 e. The Hall–Kier alpha value is -3.25. The zero-order valence-electron chi connectivity index (χ0n) is 18.7. The van der Waals surface area contributed by atoms with Gasteiger partial charge in [-0.05, 0) is 69.0 Å². The monoisotopic (exact) mass is 427 g/mol. The minimum absolute atomic E-state index is 0.0495. The summed E-state index contributed by atoms with van der Waals surface area (Å²) in [5.74, 6) is 0.448. The summed E-state index contributed by atoms with van der Waals surface area (Å²) in [4.78, 5) is 19.8. The van der Waals surface area contributed by atoms with E-state index in [9.17, 15) is 4.79 Å². The molecular weight excluding hydrogens is 398 g/mol. The summed E-state index contributed by atoms with van der Waals surface area (Å²) < 4.78 is 1.89. The molecule has 6 nitrogen and oxygen atoms in total. The van der Waals surface area contributed by atoms with Crippen LogP contribution in [0.25, 0.3) is 11.1 Å². The van der Waals surface area contributed by atoms with Crippen LogP contribution in [0.15, 0.2) is 66.2 Å². The lowest BCUT2D eigenvalue weighted by Crippen LogP contribution is -2.31. The molecule has 164 valence electrons. The van der Waals surface area contributed by atoms with Gasteiger partial charge >= 0.3 is 0 Å². The second-order valence-electron chi connectivity index (χ2n) is 8.68. The molecule has 0 saturated carbocycles. The van der Waals surface area contributed by atoms with E-state index in [4.69, 9.17) is 10.1 Å². The number of nitrogens with one attached hydrogen (secondary N) is 1. The van der Waals surface area contributed by atoms with Crippen molar-refractivity contribution in [2.45, 2.75) is 39.5 Å². The molecule has 1 amide bonds. The predicted octanol–water partition coefficient (Wildman–Crippen LogP) is 4.11. The van der Waals surface area contributed by atoms with E-state index in [1.54, 1.807) is 11.0 Å². The molecule has 5 heterocycles. The molecule has 0 radical (unpaired) electrons. The zero-order valence-corrected chi connectivity index (χ0v) is 18.7. The largest absolute Gasteiger partial charge is 0.317 e. The van der Waals surface area contributed by atoms with Gasteiger partial charge in [0.1, 0.15) is 0 Å². The van der Waals surface area contributed by atoms with Crippen molar-refractivity contribution >= 4 is 17.0 Å². The van der Waals surface area contributed by atoms with Crippen molar-refractivity contribution in [2.75, 3.05) is 13.1 Å². The van der Waals surface area contributed by atoms with E-state index in [2.05, 4.69) is 24.4 Å². The summed E-state index contributed by atoms with van der Waals surface area (Å²) in [7, 11) is 0. The molecule has 6 heteroatoms. The molecule has 0 unspecified atom stereocenters. The molecule has 0 atom stereocenters. The first-order valence-electron chi connectivity index (χ1n) is 11.5. The number of piperidine rings is 1. The lowest BCUT2D eigenvalue weighted by Gasteiger charge is -2.29. The van der Waals surface area contributed by atoms with E-state index in [0.717, 1.165) is 72.6 Å². The number of aryl methyl sites for hydroxylation is 2. The molecule has 1 saturated heterocycles.